The maximum Gasteiger partial charge on any atom is 0.337 e. The van der Waals surface area contributed by atoms with Crippen molar-refractivity contribution in [2.45, 2.75) is 26.2 Å². The van der Waals surface area contributed by atoms with Crippen LogP contribution >= 0.6 is 0 Å². The summed E-state index contributed by atoms with van der Waals surface area (Å²) in [6.45, 7) is 4.79. The van der Waals surface area contributed by atoms with Gasteiger partial charge in [0.15, 0.2) is 0 Å². The Hall–Kier alpha value is -3.39. The van der Waals surface area contributed by atoms with Crippen molar-refractivity contribution in [1.29, 1.82) is 0 Å². The van der Waals surface area contributed by atoms with Crippen LogP contribution in [0.5, 0.6) is 5.75 Å². The van der Waals surface area contributed by atoms with Gasteiger partial charge in [0.2, 0.25) is 11.8 Å². The second-order valence-corrected chi connectivity index (χ2v) is 8.43. The third kappa shape index (κ3) is 7.05. The fourth-order valence-electron chi connectivity index (χ4n) is 3.97. The Morgan fingerprint density at radius 3 is 2.44 bits per heavy atom. The number of ether oxygens (including phenoxy) is 2. The highest BCUT2D eigenvalue weighted by Gasteiger charge is 2.21. The molecule has 1 aliphatic rings. The number of anilines is 1. The van der Waals surface area contributed by atoms with Crippen LogP contribution in [-0.4, -0.2) is 74.5 Å². The van der Waals surface area contributed by atoms with Gasteiger partial charge in [0.1, 0.15) is 5.75 Å². The van der Waals surface area contributed by atoms with Crippen LogP contribution in [0.1, 0.15) is 34.3 Å². The minimum Gasteiger partial charge on any atom is -0.497 e. The normalized spacial score (nSPS) is 14.3. The van der Waals surface area contributed by atoms with Crippen molar-refractivity contribution in [2.75, 3.05) is 52.3 Å². The summed E-state index contributed by atoms with van der Waals surface area (Å²) < 4.78 is 9.93. The Kier molecular flexibility index (Phi) is 9.04. The van der Waals surface area contributed by atoms with Crippen LogP contribution in [0.2, 0.25) is 0 Å². The first-order chi connectivity index (χ1) is 16.4. The number of benzene rings is 2. The number of hydrogen-bond acceptors (Lipinski definition) is 6. The highest BCUT2D eigenvalue weighted by atomic mass is 16.5. The Labute approximate surface area is 200 Å². The summed E-state index contributed by atoms with van der Waals surface area (Å²) in [4.78, 5) is 41.1. The van der Waals surface area contributed by atoms with Crippen LogP contribution in [0.15, 0.2) is 42.5 Å². The van der Waals surface area contributed by atoms with Gasteiger partial charge >= 0.3 is 5.97 Å². The molecule has 1 N–H and O–H groups in total. The molecule has 2 aromatic carbocycles. The van der Waals surface area contributed by atoms with E-state index in [-0.39, 0.29) is 18.4 Å². The average Bonchev–Trinajstić information content (AvgIpc) is 3.09. The fourth-order valence-corrected chi connectivity index (χ4v) is 3.97. The lowest BCUT2D eigenvalue weighted by molar-refractivity contribution is -0.131. The standard InChI is InChI=1S/C26H33N3O5/c1-19-5-9-21(26(32)34-3)17-23(19)27-24(30)18-28-13-4-14-29(16-15-28)25(31)12-8-20-6-10-22(33-2)11-7-20/h5-7,9-11,17H,4,8,12-16,18H2,1-3H3,(H,27,30). The number of carbonyl (C=O) groups is 3. The Balaban J connectivity index is 1.47. The quantitative estimate of drug-likeness (QED) is 0.601. The molecule has 1 fully saturated rings. The molecule has 0 spiro atoms. The number of nitrogens with zero attached hydrogens (tertiary/aromatic N) is 2. The number of esters is 1. The maximum atomic E-state index is 12.7. The van der Waals surface area contributed by atoms with E-state index in [1.807, 2.05) is 36.1 Å². The summed E-state index contributed by atoms with van der Waals surface area (Å²) >= 11 is 0. The third-order valence-corrected chi connectivity index (χ3v) is 6.03. The molecule has 2 aromatic rings. The molecule has 1 aliphatic heterocycles. The second-order valence-electron chi connectivity index (χ2n) is 8.43. The van der Waals surface area contributed by atoms with Crippen molar-refractivity contribution in [3.05, 3.63) is 59.2 Å². The van der Waals surface area contributed by atoms with Gasteiger partial charge in [-0.2, -0.15) is 0 Å². The van der Waals surface area contributed by atoms with E-state index in [4.69, 9.17) is 9.47 Å². The molecular weight excluding hydrogens is 434 g/mol. The van der Waals surface area contributed by atoms with Gasteiger partial charge in [-0.15, -0.1) is 0 Å². The molecule has 0 aromatic heterocycles. The number of methoxy groups -OCH3 is 2. The zero-order valence-corrected chi connectivity index (χ0v) is 20.1. The number of hydrogen-bond donors (Lipinski definition) is 1. The van der Waals surface area contributed by atoms with Gasteiger partial charge in [-0.25, -0.2) is 4.79 Å². The van der Waals surface area contributed by atoms with Crippen LogP contribution in [0.3, 0.4) is 0 Å². The van der Waals surface area contributed by atoms with Crippen molar-refractivity contribution < 1.29 is 23.9 Å². The van der Waals surface area contributed by atoms with E-state index in [1.54, 1.807) is 25.3 Å². The lowest BCUT2D eigenvalue weighted by Gasteiger charge is -2.22. The molecule has 0 radical (unpaired) electrons. The van der Waals surface area contributed by atoms with E-state index >= 15 is 0 Å². The van der Waals surface area contributed by atoms with Crippen molar-refractivity contribution in [2.24, 2.45) is 0 Å². The van der Waals surface area contributed by atoms with Crippen LogP contribution in [0, 0.1) is 6.92 Å². The largest absolute Gasteiger partial charge is 0.497 e. The molecule has 182 valence electrons. The van der Waals surface area contributed by atoms with E-state index in [0.717, 1.165) is 29.8 Å². The molecule has 3 rings (SSSR count). The number of rotatable bonds is 8. The van der Waals surface area contributed by atoms with Crippen molar-refractivity contribution in [3.8, 4) is 5.75 Å². The minimum absolute atomic E-state index is 0.136. The summed E-state index contributed by atoms with van der Waals surface area (Å²) in [5.74, 6) is 0.347. The minimum atomic E-state index is -0.445. The zero-order valence-electron chi connectivity index (χ0n) is 20.1. The number of amides is 2. The summed E-state index contributed by atoms with van der Waals surface area (Å²) in [6, 6.07) is 12.9. The Morgan fingerprint density at radius 1 is 0.971 bits per heavy atom. The van der Waals surface area contributed by atoms with Gasteiger partial charge < -0.3 is 19.7 Å². The summed E-state index contributed by atoms with van der Waals surface area (Å²) in [5.41, 5.74) is 2.96. The van der Waals surface area contributed by atoms with Gasteiger partial charge in [0, 0.05) is 38.3 Å². The zero-order chi connectivity index (χ0) is 24.5. The van der Waals surface area contributed by atoms with E-state index in [1.165, 1.54) is 7.11 Å². The molecule has 2 amide bonds. The molecule has 34 heavy (non-hydrogen) atoms. The lowest BCUT2D eigenvalue weighted by Crippen LogP contribution is -2.38. The van der Waals surface area contributed by atoms with Gasteiger partial charge in [0.05, 0.1) is 26.3 Å². The monoisotopic (exact) mass is 467 g/mol. The Bertz CT molecular complexity index is 1010. The molecule has 8 nitrogen and oxygen atoms in total. The van der Waals surface area contributed by atoms with Gasteiger partial charge in [0.25, 0.3) is 0 Å². The first kappa shape index (κ1) is 25.2. The first-order valence-electron chi connectivity index (χ1n) is 11.5. The molecule has 0 bridgehead atoms. The first-order valence-corrected chi connectivity index (χ1v) is 11.5. The summed E-state index contributed by atoms with van der Waals surface area (Å²) in [7, 11) is 2.96. The number of aryl methyl sites for hydroxylation is 2. The maximum absolute atomic E-state index is 12.7. The average molecular weight is 468 g/mol. The lowest BCUT2D eigenvalue weighted by atomic mass is 10.1. The fraction of sp³-hybridized carbons (Fsp3) is 0.423. The van der Waals surface area contributed by atoms with E-state index in [9.17, 15) is 14.4 Å². The van der Waals surface area contributed by atoms with Gasteiger partial charge in [-0.05, 0) is 55.2 Å². The molecule has 0 aliphatic carbocycles. The molecule has 1 heterocycles. The number of nitrogens with one attached hydrogen (secondary N) is 1. The highest BCUT2D eigenvalue weighted by molar-refractivity contribution is 5.96. The van der Waals surface area contributed by atoms with Crippen molar-refractivity contribution in [1.82, 2.24) is 9.80 Å². The molecule has 0 atom stereocenters. The smallest absolute Gasteiger partial charge is 0.337 e. The van der Waals surface area contributed by atoms with Crippen LogP contribution < -0.4 is 10.1 Å². The van der Waals surface area contributed by atoms with Crippen molar-refractivity contribution in [3.63, 3.8) is 0 Å². The van der Waals surface area contributed by atoms with Crippen LogP contribution in [-0.2, 0) is 20.7 Å². The Morgan fingerprint density at radius 2 is 1.74 bits per heavy atom. The molecule has 0 unspecified atom stereocenters. The SMILES string of the molecule is COC(=O)c1ccc(C)c(NC(=O)CN2CCCN(C(=O)CCc3ccc(OC)cc3)CC2)c1. The summed E-state index contributed by atoms with van der Waals surface area (Å²) in [6.07, 6.45) is 1.97. The van der Waals surface area contributed by atoms with Crippen LogP contribution in [0.4, 0.5) is 5.69 Å². The van der Waals surface area contributed by atoms with E-state index in [2.05, 4.69) is 10.2 Å². The predicted molar refractivity (Wildman–Crippen MR) is 130 cm³/mol. The molecule has 1 saturated heterocycles. The van der Waals surface area contributed by atoms with E-state index < -0.39 is 5.97 Å². The van der Waals surface area contributed by atoms with E-state index in [0.29, 0.717) is 43.7 Å². The number of carbonyl (C=O) groups excluding carboxylic acids is 3. The van der Waals surface area contributed by atoms with Gasteiger partial charge in [-0.1, -0.05) is 18.2 Å². The summed E-state index contributed by atoms with van der Waals surface area (Å²) in [5, 5.41) is 2.90. The third-order valence-electron chi connectivity index (χ3n) is 6.03. The highest BCUT2D eigenvalue weighted by Crippen LogP contribution is 2.18. The predicted octanol–water partition coefficient (Wildman–Crippen LogP) is 2.90. The van der Waals surface area contributed by atoms with Gasteiger partial charge in [-0.3, -0.25) is 14.5 Å². The molecular formula is C26H33N3O5. The second kappa shape index (κ2) is 12.2. The molecule has 8 heteroatoms. The topological polar surface area (TPSA) is 88.2 Å². The molecule has 0 saturated carbocycles. The van der Waals surface area contributed by atoms with Crippen molar-refractivity contribution >= 4 is 23.5 Å². The van der Waals surface area contributed by atoms with Crippen LogP contribution in [0.25, 0.3) is 0 Å².